The van der Waals surface area contributed by atoms with Crippen molar-refractivity contribution < 1.29 is 9.84 Å². The number of allylic oxidation sites excluding steroid dienone is 1. The van der Waals surface area contributed by atoms with E-state index in [1.54, 1.807) is 0 Å². The maximum absolute atomic E-state index is 9.74. The quantitative estimate of drug-likeness (QED) is 0.727. The molecule has 2 heteroatoms. The van der Waals surface area contributed by atoms with Crippen molar-refractivity contribution in [1.29, 1.82) is 0 Å². The molecule has 0 aromatic heterocycles. The summed E-state index contributed by atoms with van der Waals surface area (Å²) in [5.74, 6) is 1.22. The average molecular weight is 222 g/mol. The Hall–Kier alpha value is -0.600. The van der Waals surface area contributed by atoms with Gasteiger partial charge in [-0.3, -0.25) is 0 Å². The predicted octanol–water partition coefficient (Wildman–Crippen LogP) is 2.40. The zero-order chi connectivity index (χ0) is 11.9. The fraction of sp³-hybridized carbons (Fsp3) is 0.714. The number of rotatable bonds is 2. The van der Waals surface area contributed by atoms with Crippen LogP contribution in [0.4, 0.5) is 0 Å². The van der Waals surface area contributed by atoms with E-state index in [1.165, 1.54) is 5.57 Å². The van der Waals surface area contributed by atoms with Gasteiger partial charge in [0.1, 0.15) is 0 Å². The maximum atomic E-state index is 9.74. The summed E-state index contributed by atoms with van der Waals surface area (Å²) >= 11 is 0. The van der Waals surface area contributed by atoms with E-state index in [0.29, 0.717) is 24.4 Å². The highest BCUT2D eigenvalue weighted by Gasteiger charge is 2.52. The van der Waals surface area contributed by atoms with Crippen LogP contribution in [-0.2, 0) is 4.74 Å². The summed E-state index contributed by atoms with van der Waals surface area (Å²) < 4.78 is 5.88. The molecule has 0 saturated carbocycles. The largest absolute Gasteiger partial charge is 0.396 e. The molecule has 5 atom stereocenters. The fourth-order valence-electron chi connectivity index (χ4n) is 3.55. The van der Waals surface area contributed by atoms with Crippen LogP contribution < -0.4 is 0 Å². The van der Waals surface area contributed by atoms with Crippen LogP contribution in [0.1, 0.15) is 20.8 Å². The molecule has 2 aliphatic rings. The van der Waals surface area contributed by atoms with Gasteiger partial charge >= 0.3 is 0 Å². The lowest BCUT2D eigenvalue weighted by atomic mass is 9.56. The van der Waals surface area contributed by atoms with Crippen molar-refractivity contribution in [3.8, 4) is 0 Å². The summed E-state index contributed by atoms with van der Waals surface area (Å²) in [5, 5.41) is 9.74. The van der Waals surface area contributed by atoms with Crippen LogP contribution >= 0.6 is 0 Å². The molecule has 2 bridgehead atoms. The van der Waals surface area contributed by atoms with E-state index in [9.17, 15) is 5.11 Å². The number of hydrogen-bond acceptors (Lipinski definition) is 2. The van der Waals surface area contributed by atoms with Crippen LogP contribution in [0, 0.1) is 23.2 Å². The van der Waals surface area contributed by atoms with Gasteiger partial charge in [-0.2, -0.15) is 0 Å². The summed E-state index contributed by atoms with van der Waals surface area (Å²) in [4.78, 5) is 0. The van der Waals surface area contributed by atoms with Gasteiger partial charge in [-0.25, -0.2) is 0 Å². The maximum Gasteiger partial charge on any atom is 0.0821 e. The molecule has 0 aromatic rings. The summed E-state index contributed by atoms with van der Waals surface area (Å²) in [5.41, 5.74) is 1.29. The predicted molar refractivity (Wildman–Crippen MR) is 65.0 cm³/mol. The lowest BCUT2D eigenvalue weighted by molar-refractivity contribution is -0.148. The fourth-order valence-corrected chi connectivity index (χ4v) is 3.55. The Bertz CT molecular complexity index is 321. The van der Waals surface area contributed by atoms with Crippen LogP contribution in [0.5, 0.6) is 0 Å². The second-order valence-electron chi connectivity index (χ2n) is 5.42. The van der Waals surface area contributed by atoms with Crippen molar-refractivity contribution in [3.05, 3.63) is 24.3 Å². The van der Waals surface area contributed by atoms with Crippen molar-refractivity contribution >= 4 is 0 Å². The molecule has 1 fully saturated rings. The lowest BCUT2D eigenvalue weighted by Gasteiger charge is -2.54. The zero-order valence-electron chi connectivity index (χ0n) is 10.4. The van der Waals surface area contributed by atoms with E-state index in [-0.39, 0.29) is 18.1 Å². The molecule has 2 nitrogen and oxygen atoms in total. The first-order chi connectivity index (χ1) is 7.56. The van der Waals surface area contributed by atoms with Gasteiger partial charge in [0.25, 0.3) is 0 Å². The number of fused-ring (bicyclic) bond motifs is 2. The number of hydrogen-bond donors (Lipinski definition) is 1. The Morgan fingerprint density at radius 2 is 2.31 bits per heavy atom. The normalized spacial score (nSPS) is 47.4. The van der Waals surface area contributed by atoms with Crippen LogP contribution in [0.15, 0.2) is 24.3 Å². The van der Waals surface area contributed by atoms with Crippen LogP contribution in [0.25, 0.3) is 0 Å². The Morgan fingerprint density at radius 3 is 2.88 bits per heavy atom. The minimum Gasteiger partial charge on any atom is -0.396 e. The number of aliphatic hydroxyl groups excluding tert-OH is 1. The molecule has 0 amide bonds. The molecule has 1 N–H and O–H groups in total. The highest BCUT2D eigenvalue weighted by Crippen LogP contribution is 2.52. The smallest absolute Gasteiger partial charge is 0.0821 e. The molecule has 2 rings (SSSR count). The molecule has 90 valence electrons. The molecule has 16 heavy (non-hydrogen) atoms. The molecule has 1 heterocycles. The lowest BCUT2D eigenvalue weighted by Crippen LogP contribution is -2.55. The van der Waals surface area contributed by atoms with Gasteiger partial charge in [-0.15, -0.1) is 6.58 Å². The third-order valence-corrected chi connectivity index (χ3v) is 4.82. The van der Waals surface area contributed by atoms with E-state index < -0.39 is 0 Å². The topological polar surface area (TPSA) is 29.5 Å². The Kier molecular flexibility index (Phi) is 2.97. The van der Waals surface area contributed by atoms with E-state index in [2.05, 4.69) is 33.4 Å². The summed E-state index contributed by atoms with van der Waals surface area (Å²) in [6.45, 7) is 11.3. The standard InChI is InChI=1S/C14H22O2/c1-5-12-13-9(2)6-10(3)14(7-15,8-16-12)11(13)4/h5-6,10-13,15H,1,7-8H2,2-4H3/t10-,11+,12+,13+,14-/m0/s1. The van der Waals surface area contributed by atoms with Gasteiger partial charge in [0.15, 0.2) is 0 Å². The first-order valence-electron chi connectivity index (χ1n) is 6.10. The average Bonchev–Trinajstić information content (AvgIpc) is 2.26. The van der Waals surface area contributed by atoms with Crippen molar-refractivity contribution in [2.75, 3.05) is 13.2 Å². The van der Waals surface area contributed by atoms with Crippen molar-refractivity contribution in [2.24, 2.45) is 23.2 Å². The Balaban J connectivity index is 2.44. The molecular weight excluding hydrogens is 200 g/mol. The van der Waals surface area contributed by atoms with Gasteiger partial charge in [0.05, 0.1) is 19.3 Å². The van der Waals surface area contributed by atoms with Gasteiger partial charge < -0.3 is 9.84 Å². The minimum absolute atomic E-state index is 0.0936. The van der Waals surface area contributed by atoms with E-state index in [1.807, 2.05) is 6.08 Å². The monoisotopic (exact) mass is 222 g/mol. The zero-order valence-corrected chi connectivity index (χ0v) is 10.4. The molecule has 1 aliphatic heterocycles. The molecule has 1 saturated heterocycles. The van der Waals surface area contributed by atoms with Gasteiger partial charge in [-0.1, -0.05) is 31.6 Å². The highest BCUT2D eigenvalue weighted by atomic mass is 16.5. The minimum atomic E-state index is -0.0936. The summed E-state index contributed by atoms with van der Waals surface area (Å²) in [6, 6.07) is 0. The van der Waals surface area contributed by atoms with Crippen LogP contribution in [0.2, 0.25) is 0 Å². The Labute approximate surface area is 98.0 Å². The van der Waals surface area contributed by atoms with Gasteiger partial charge in [0, 0.05) is 11.3 Å². The van der Waals surface area contributed by atoms with Gasteiger partial charge in [-0.05, 0) is 18.8 Å². The molecular formula is C14H22O2. The second kappa shape index (κ2) is 4.01. The van der Waals surface area contributed by atoms with E-state index >= 15 is 0 Å². The molecule has 1 aliphatic carbocycles. The van der Waals surface area contributed by atoms with Crippen LogP contribution in [-0.4, -0.2) is 24.4 Å². The Morgan fingerprint density at radius 1 is 1.62 bits per heavy atom. The summed E-state index contributed by atoms with van der Waals surface area (Å²) in [7, 11) is 0. The number of ether oxygens (including phenoxy) is 1. The number of aliphatic hydroxyl groups is 1. The van der Waals surface area contributed by atoms with Gasteiger partial charge in [0.2, 0.25) is 0 Å². The molecule has 0 spiro atoms. The van der Waals surface area contributed by atoms with E-state index in [4.69, 9.17) is 4.74 Å². The van der Waals surface area contributed by atoms with Crippen LogP contribution in [0.3, 0.4) is 0 Å². The SMILES string of the molecule is C=C[C@H]1OC[C@]2(CO)[C@H](C)[C@H]1C(C)=C[C@@H]2C. The van der Waals surface area contributed by atoms with Crippen molar-refractivity contribution in [3.63, 3.8) is 0 Å². The highest BCUT2D eigenvalue weighted by molar-refractivity contribution is 5.22. The third-order valence-electron chi connectivity index (χ3n) is 4.82. The van der Waals surface area contributed by atoms with Crippen molar-refractivity contribution in [2.45, 2.75) is 26.9 Å². The third kappa shape index (κ3) is 1.40. The van der Waals surface area contributed by atoms with Crippen molar-refractivity contribution in [1.82, 2.24) is 0 Å². The first kappa shape index (κ1) is 11.9. The first-order valence-corrected chi connectivity index (χ1v) is 6.10. The molecule has 0 unspecified atom stereocenters. The summed E-state index contributed by atoms with van der Waals surface area (Å²) in [6.07, 6.45) is 4.31. The molecule has 0 aromatic carbocycles. The second-order valence-corrected chi connectivity index (χ2v) is 5.42. The molecule has 0 radical (unpaired) electrons. The van der Waals surface area contributed by atoms with E-state index in [0.717, 1.165) is 0 Å².